The number of hydrogen-bond donors (Lipinski definition) is 5. The molecule has 1 aromatic rings. The third-order valence-electron chi connectivity index (χ3n) is 3.23. The number of nitrogens with two attached hydrogens (primary N) is 1. The summed E-state index contributed by atoms with van der Waals surface area (Å²) in [7, 11) is 1.54. The number of aliphatic hydroxyl groups is 4. The van der Waals surface area contributed by atoms with Crippen molar-refractivity contribution in [2.45, 2.75) is 30.7 Å². The Labute approximate surface area is 121 Å². The standard InChI is InChI=1S/C13H19NO7/c1-19-14-7-2-4-8(5-3-7)20-13-12(18)11(17)10(16)9(6-15)21-13/h2-5,9-18H,6H2,1H3/p+1/t9-,10+,11?,12-,13-/m1/s1. The Morgan fingerprint density at radius 1 is 1.10 bits per heavy atom. The molecule has 8 heteroatoms. The molecule has 0 aromatic heterocycles. The van der Waals surface area contributed by atoms with Crippen molar-refractivity contribution in [1.82, 2.24) is 0 Å². The summed E-state index contributed by atoms with van der Waals surface area (Å²) in [6, 6.07) is 6.77. The van der Waals surface area contributed by atoms with Crippen molar-refractivity contribution >= 4 is 5.69 Å². The van der Waals surface area contributed by atoms with E-state index in [2.05, 4.69) is 0 Å². The molecule has 2 rings (SSSR count). The molecule has 1 unspecified atom stereocenters. The van der Waals surface area contributed by atoms with E-state index in [1.807, 2.05) is 0 Å². The van der Waals surface area contributed by atoms with Gasteiger partial charge in [0.1, 0.15) is 30.2 Å². The van der Waals surface area contributed by atoms with Crippen LogP contribution in [0.3, 0.4) is 0 Å². The Morgan fingerprint density at radius 2 is 1.76 bits per heavy atom. The van der Waals surface area contributed by atoms with Crippen LogP contribution in [0.25, 0.3) is 0 Å². The number of hydrogen-bond acceptors (Lipinski definition) is 7. The van der Waals surface area contributed by atoms with Crippen LogP contribution in [0.5, 0.6) is 5.75 Å². The first-order valence-electron chi connectivity index (χ1n) is 6.50. The van der Waals surface area contributed by atoms with E-state index < -0.39 is 37.3 Å². The molecule has 0 bridgehead atoms. The first-order valence-corrected chi connectivity index (χ1v) is 6.50. The fourth-order valence-electron chi connectivity index (χ4n) is 2.06. The van der Waals surface area contributed by atoms with Crippen LogP contribution >= 0.6 is 0 Å². The van der Waals surface area contributed by atoms with Gasteiger partial charge in [0.2, 0.25) is 6.29 Å². The van der Waals surface area contributed by atoms with E-state index >= 15 is 0 Å². The van der Waals surface area contributed by atoms with Gasteiger partial charge in [0.25, 0.3) is 0 Å². The van der Waals surface area contributed by atoms with E-state index in [9.17, 15) is 15.3 Å². The number of benzene rings is 1. The molecular weight excluding hydrogens is 282 g/mol. The van der Waals surface area contributed by atoms with Gasteiger partial charge in [-0.1, -0.05) is 0 Å². The molecule has 0 saturated carbocycles. The summed E-state index contributed by atoms with van der Waals surface area (Å²) >= 11 is 0. The molecule has 1 heterocycles. The number of rotatable bonds is 5. The van der Waals surface area contributed by atoms with Crippen LogP contribution in [-0.4, -0.2) is 64.8 Å². The second-order valence-corrected chi connectivity index (χ2v) is 4.74. The smallest absolute Gasteiger partial charge is 0.229 e. The molecule has 5 atom stereocenters. The number of quaternary nitrogens is 1. The lowest BCUT2D eigenvalue weighted by Gasteiger charge is -2.39. The molecule has 8 nitrogen and oxygen atoms in total. The minimum Gasteiger partial charge on any atom is -0.462 e. The van der Waals surface area contributed by atoms with Crippen LogP contribution < -0.4 is 10.2 Å². The summed E-state index contributed by atoms with van der Waals surface area (Å²) in [4.78, 5) is 4.87. The molecular formula is C13H20NO7+. The average molecular weight is 302 g/mol. The number of ether oxygens (including phenoxy) is 2. The fraction of sp³-hybridized carbons (Fsp3) is 0.538. The van der Waals surface area contributed by atoms with E-state index in [4.69, 9.17) is 19.4 Å². The van der Waals surface area contributed by atoms with Gasteiger partial charge in [-0.05, 0) is 12.1 Å². The minimum atomic E-state index is -1.46. The second-order valence-electron chi connectivity index (χ2n) is 4.74. The molecule has 1 aliphatic heterocycles. The molecule has 1 fully saturated rings. The highest BCUT2D eigenvalue weighted by Gasteiger charge is 2.44. The van der Waals surface area contributed by atoms with Gasteiger partial charge in [0.15, 0.2) is 5.69 Å². The average Bonchev–Trinajstić information content (AvgIpc) is 2.50. The van der Waals surface area contributed by atoms with E-state index in [1.54, 1.807) is 36.9 Å². The van der Waals surface area contributed by atoms with Gasteiger partial charge >= 0.3 is 0 Å². The lowest BCUT2D eigenvalue weighted by Crippen LogP contribution is -2.75. The molecule has 1 aromatic carbocycles. The van der Waals surface area contributed by atoms with E-state index in [-0.39, 0.29) is 0 Å². The van der Waals surface area contributed by atoms with Gasteiger partial charge in [-0.3, -0.25) is 0 Å². The third-order valence-corrected chi connectivity index (χ3v) is 3.23. The molecule has 0 spiro atoms. The first kappa shape index (κ1) is 16.1. The summed E-state index contributed by atoms with van der Waals surface area (Å²) < 4.78 is 10.7. The van der Waals surface area contributed by atoms with Gasteiger partial charge in [-0.15, -0.1) is 0 Å². The van der Waals surface area contributed by atoms with Crippen LogP contribution in [0.15, 0.2) is 24.3 Å². The second kappa shape index (κ2) is 7.14. The largest absolute Gasteiger partial charge is 0.462 e. The normalized spacial score (nSPS) is 32.9. The van der Waals surface area contributed by atoms with Crippen LogP contribution in [-0.2, 0) is 9.57 Å². The van der Waals surface area contributed by atoms with E-state index in [1.165, 1.54) is 0 Å². The van der Waals surface area contributed by atoms with Gasteiger partial charge in [-0.2, -0.15) is 5.48 Å². The maximum atomic E-state index is 9.85. The summed E-state index contributed by atoms with van der Waals surface area (Å²) in [6.07, 6.45) is -6.45. The lowest BCUT2D eigenvalue weighted by molar-refractivity contribution is -0.830. The van der Waals surface area contributed by atoms with Crippen LogP contribution in [0.1, 0.15) is 0 Å². The topological polar surface area (TPSA) is 125 Å². The highest BCUT2D eigenvalue weighted by Crippen LogP contribution is 2.24. The van der Waals surface area contributed by atoms with Crippen LogP contribution in [0.4, 0.5) is 5.69 Å². The van der Waals surface area contributed by atoms with Crippen molar-refractivity contribution < 1.29 is 40.2 Å². The Balaban J connectivity index is 2.03. The van der Waals surface area contributed by atoms with E-state index in [0.717, 1.165) is 5.69 Å². The first-order chi connectivity index (χ1) is 10.1. The predicted molar refractivity (Wildman–Crippen MR) is 69.4 cm³/mol. The summed E-state index contributed by atoms with van der Waals surface area (Å²) in [5.74, 6) is 0.410. The monoisotopic (exact) mass is 302 g/mol. The molecule has 1 aliphatic rings. The Kier molecular flexibility index (Phi) is 5.48. The maximum Gasteiger partial charge on any atom is 0.229 e. The van der Waals surface area contributed by atoms with E-state index in [0.29, 0.717) is 5.75 Å². The third kappa shape index (κ3) is 3.69. The van der Waals surface area contributed by atoms with Gasteiger partial charge in [0, 0.05) is 12.1 Å². The van der Waals surface area contributed by atoms with Crippen molar-refractivity contribution in [3.05, 3.63) is 24.3 Å². The Hall–Kier alpha value is -1.26. The van der Waals surface area contributed by atoms with Crippen molar-refractivity contribution in [2.75, 3.05) is 13.7 Å². The van der Waals surface area contributed by atoms with Crippen molar-refractivity contribution in [2.24, 2.45) is 0 Å². The molecule has 118 valence electrons. The molecule has 1 saturated heterocycles. The van der Waals surface area contributed by atoms with Gasteiger partial charge < -0.3 is 29.9 Å². The molecule has 21 heavy (non-hydrogen) atoms. The van der Waals surface area contributed by atoms with Gasteiger partial charge in [0.05, 0.1) is 13.7 Å². The van der Waals surface area contributed by atoms with Crippen molar-refractivity contribution in [3.63, 3.8) is 0 Å². The lowest BCUT2D eigenvalue weighted by atomic mass is 9.99. The molecule has 6 N–H and O–H groups in total. The molecule has 0 aliphatic carbocycles. The number of aliphatic hydroxyl groups excluding tert-OH is 4. The van der Waals surface area contributed by atoms with Gasteiger partial charge in [-0.25, -0.2) is 4.84 Å². The zero-order valence-corrected chi connectivity index (χ0v) is 11.5. The fourth-order valence-corrected chi connectivity index (χ4v) is 2.06. The molecule has 0 amide bonds. The summed E-state index contributed by atoms with van der Waals surface area (Å²) in [5.41, 5.74) is 2.39. The summed E-state index contributed by atoms with van der Waals surface area (Å²) in [5, 5.41) is 38.3. The zero-order valence-electron chi connectivity index (χ0n) is 11.5. The minimum absolute atomic E-state index is 0.410. The highest BCUT2D eigenvalue weighted by atomic mass is 16.7. The highest BCUT2D eigenvalue weighted by molar-refractivity contribution is 5.35. The van der Waals surface area contributed by atoms with Crippen LogP contribution in [0.2, 0.25) is 0 Å². The van der Waals surface area contributed by atoms with Crippen LogP contribution in [0, 0.1) is 0 Å². The Bertz CT molecular complexity index is 439. The Morgan fingerprint density at radius 3 is 2.33 bits per heavy atom. The SMILES string of the molecule is CO[NH2+]c1ccc(O[C@@H]2O[C@H](CO)[C@H](O)C(O)[C@H]2O)cc1. The summed E-state index contributed by atoms with van der Waals surface area (Å²) in [6.45, 7) is -0.494. The van der Waals surface area contributed by atoms with Crippen molar-refractivity contribution in [1.29, 1.82) is 0 Å². The maximum absolute atomic E-state index is 9.85. The van der Waals surface area contributed by atoms with Crippen molar-refractivity contribution in [3.8, 4) is 5.75 Å². The molecule has 0 radical (unpaired) electrons. The zero-order chi connectivity index (χ0) is 15.4. The quantitative estimate of drug-likeness (QED) is 0.304. The predicted octanol–water partition coefficient (Wildman–Crippen LogP) is -2.38.